The summed E-state index contributed by atoms with van der Waals surface area (Å²) in [6, 6.07) is 11.1. The van der Waals surface area contributed by atoms with Crippen molar-refractivity contribution in [3.8, 4) is 5.75 Å². The third-order valence-corrected chi connectivity index (χ3v) is 4.05. The van der Waals surface area contributed by atoms with Gasteiger partial charge in [0.2, 0.25) is 0 Å². The Hall–Kier alpha value is -2.29. The summed E-state index contributed by atoms with van der Waals surface area (Å²) in [6.07, 6.45) is 0. The van der Waals surface area contributed by atoms with Crippen LogP contribution in [0.25, 0.3) is 0 Å². The van der Waals surface area contributed by atoms with Crippen LogP contribution < -0.4 is 10.5 Å². The highest BCUT2D eigenvalue weighted by Crippen LogP contribution is 2.39. The second kappa shape index (κ2) is 4.62. The van der Waals surface area contributed by atoms with Gasteiger partial charge in [-0.15, -0.1) is 0 Å². The van der Waals surface area contributed by atoms with Crippen LogP contribution in [0.1, 0.15) is 40.9 Å². The normalized spacial score (nSPS) is 15.4. The molecule has 3 nitrogen and oxygen atoms in total. The van der Waals surface area contributed by atoms with Crippen molar-refractivity contribution in [2.75, 3.05) is 12.3 Å². The fourth-order valence-electron chi connectivity index (χ4n) is 2.76. The van der Waals surface area contributed by atoms with Gasteiger partial charge < -0.3 is 10.5 Å². The molecule has 0 bridgehead atoms. The number of ketones is 1. The van der Waals surface area contributed by atoms with Crippen LogP contribution in [0.4, 0.5) is 5.69 Å². The van der Waals surface area contributed by atoms with Crippen molar-refractivity contribution in [2.24, 2.45) is 0 Å². The molecule has 2 N–H and O–H groups in total. The minimum Gasteiger partial charge on any atom is -0.492 e. The van der Waals surface area contributed by atoms with Gasteiger partial charge in [0.25, 0.3) is 0 Å². The molecule has 108 valence electrons. The van der Waals surface area contributed by atoms with Gasteiger partial charge in [0, 0.05) is 27.8 Å². The van der Waals surface area contributed by atoms with E-state index in [4.69, 9.17) is 10.5 Å². The monoisotopic (exact) mass is 281 g/mol. The summed E-state index contributed by atoms with van der Waals surface area (Å²) in [5.41, 5.74) is 9.76. The minimum atomic E-state index is -0.0538. The van der Waals surface area contributed by atoms with E-state index >= 15 is 0 Å². The number of hydrogen-bond acceptors (Lipinski definition) is 3. The second-order valence-corrected chi connectivity index (χ2v) is 6.29. The van der Waals surface area contributed by atoms with Gasteiger partial charge in [-0.2, -0.15) is 0 Å². The van der Waals surface area contributed by atoms with Gasteiger partial charge in [-0.05, 0) is 48.9 Å². The quantitative estimate of drug-likeness (QED) is 0.677. The Morgan fingerprint density at radius 1 is 1.19 bits per heavy atom. The molecule has 3 rings (SSSR count). The van der Waals surface area contributed by atoms with E-state index in [2.05, 4.69) is 13.8 Å². The molecule has 0 spiro atoms. The van der Waals surface area contributed by atoms with Crippen molar-refractivity contribution >= 4 is 11.5 Å². The molecule has 2 aromatic rings. The third kappa shape index (κ3) is 2.29. The molecular formula is C18H19NO2. The lowest BCUT2D eigenvalue weighted by atomic mass is 9.85. The first-order chi connectivity index (χ1) is 9.88. The van der Waals surface area contributed by atoms with Gasteiger partial charge >= 0.3 is 0 Å². The van der Waals surface area contributed by atoms with Crippen LogP contribution in [0.15, 0.2) is 36.4 Å². The maximum absolute atomic E-state index is 12.7. The molecular weight excluding hydrogens is 262 g/mol. The van der Waals surface area contributed by atoms with E-state index in [1.807, 2.05) is 31.2 Å². The zero-order chi connectivity index (χ0) is 15.2. The molecule has 3 heteroatoms. The molecule has 2 aromatic carbocycles. The highest BCUT2D eigenvalue weighted by Gasteiger charge is 2.32. The van der Waals surface area contributed by atoms with E-state index in [-0.39, 0.29) is 11.2 Å². The van der Waals surface area contributed by atoms with E-state index in [1.165, 1.54) is 0 Å². The Labute approximate surface area is 124 Å². The molecule has 1 aliphatic heterocycles. The molecule has 0 fully saturated rings. The molecule has 1 heterocycles. The van der Waals surface area contributed by atoms with Gasteiger partial charge in [-0.25, -0.2) is 0 Å². The van der Waals surface area contributed by atoms with Gasteiger partial charge in [0.1, 0.15) is 5.75 Å². The van der Waals surface area contributed by atoms with Crippen LogP contribution in [0.2, 0.25) is 0 Å². The van der Waals surface area contributed by atoms with Gasteiger partial charge in [0.15, 0.2) is 5.78 Å². The molecule has 0 atom stereocenters. The fraction of sp³-hybridized carbons (Fsp3) is 0.278. The molecule has 0 unspecified atom stereocenters. The zero-order valence-corrected chi connectivity index (χ0v) is 12.6. The number of carbonyl (C=O) groups excluding carboxylic acids is 1. The number of benzene rings is 2. The smallest absolute Gasteiger partial charge is 0.193 e. The molecule has 1 aliphatic rings. The topological polar surface area (TPSA) is 52.3 Å². The van der Waals surface area contributed by atoms with Crippen molar-refractivity contribution in [1.82, 2.24) is 0 Å². The highest BCUT2D eigenvalue weighted by atomic mass is 16.5. The number of carbonyl (C=O) groups is 1. The van der Waals surface area contributed by atoms with Crippen molar-refractivity contribution in [3.63, 3.8) is 0 Å². The Morgan fingerprint density at radius 3 is 2.67 bits per heavy atom. The second-order valence-electron chi connectivity index (χ2n) is 6.29. The minimum absolute atomic E-state index is 0.0259. The standard InChI is InChI=1S/C18H19NO2/c1-11-8-13(19)5-6-14(11)17(20)12-4-7-16-15(9-12)18(2,3)10-21-16/h4-9H,10,19H2,1-3H3. The van der Waals surface area contributed by atoms with Crippen molar-refractivity contribution in [2.45, 2.75) is 26.2 Å². The summed E-state index contributed by atoms with van der Waals surface area (Å²) in [6.45, 7) is 6.81. The lowest BCUT2D eigenvalue weighted by Crippen LogP contribution is -2.18. The number of nitrogens with two attached hydrogens (primary N) is 1. The Balaban J connectivity index is 2.03. The Morgan fingerprint density at radius 2 is 1.95 bits per heavy atom. The molecule has 0 aromatic heterocycles. The summed E-state index contributed by atoms with van der Waals surface area (Å²) in [7, 11) is 0. The first kappa shape index (κ1) is 13.7. The molecule has 0 saturated carbocycles. The number of rotatable bonds is 2. The van der Waals surface area contributed by atoms with Gasteiger partial charge in [0.05, 0.1) is 6.61 Å². The van der Waals surface area contributed by atoms with E-state index < -0.39 is 0 Å². The molecule has 21 heavy (non-hydrogen) atoms. The lowest BCUT2D eigenvalue weighted by Gasteiger charge is -2.16. The summed E-state index contributed by atoms with van der Waals surface area (Å²) in [4.78, 5) is 12.7. The fourth-order valence-corrected chi connectivity index (χ4v) is 2.76. The maximum atomic E-state index is 12.7. The largest absolute Gasteiger partial charge is 0.492 e. The summed E-state index contributed by atoms with van der Waals surface area (Å²) in [5, 5.41) is 0. The number of nitrogen functional groups attached to an aromatic ring is 1. The molecule has 0 aliphatic carbocycles. The van der Waals surface area contributed by atoms with Crippen LogP contribution in [-0.4, -0.2) is 12.4 Å². The number of anilines is 1. The average molecular weight is 281 g/mol. The third-order valence-electron chi connectivity index (χ3n) is 4.05. The predicted octanol–water partition coefficient (Wildman–Crippen LogP) is 3.48. The zero-order valence-electron chi connectivity index (χ0n) is 12.6. The summed E-state index contributed by atoms with van der Waals surface area (Å²) < 4.78 is 5.67. The van der Waals surface area contributed by atoms with Crippen molar-refractivity contribution < 1.29 is 9.53 Å². The van der Waals surface area contributed by atoms with Crippen LogP contribution in [0, 0.1) is 6.92 Å². The van der Waals surface area contributed by atoms with Crippen molar-refractivity contribution in [3.05, 3.63) is 58.7 Å². The SMILES string of the molecule is Cc1cc(N)ccc1C(=O)c1ccc2c(c1)C(C)(C)CO2. The van der Waals surface area contributed by atoms with E-state index in [0.717, 1.165) is 16.9 Å². The van der Waals surface area contributed by atoms with E-state index in [1.54, 1.807) is 12.1 Å². The van der Waals surface area contributed by atoms with Crippen LogP contribution in [-0.2, 0) is 5.41 Å². The Kier molecular flexibility index (Phi) is 3.01. The lowest BCUT2D eigenvalue weighted by molar-refractivity contribution is 0.103. The first-order valence-corrected chi connectivity index (χ1v) is 7.07. The molecule has 0 amide bonds. The predicted molar refractivity (Wildman–Crippen MR) is 84.0 cm³/mol. The van der Waals surface area contributed by atoms with E-state index in [0.29, 0.717) is 23.4 Å². The summed E-state index contributed by atoms with van der Waals surface area (Å²) >= 11 is 0. The molecule has 0 radical (unpaired) electrons. The first-order valence-electron chi connectivity index (χ1n) is 7.07. The number of aryl methyl sites for hydroxylation is 1. The molecule has 0 saturated heterocycles. The van der Waals surface area contributed by atoms with E-state index in [9.17, 15) is 4.79 Å². The Bertz CT molecular complexity index is 732. The van der Waals surface area contributed by atoms with Gasteiger partial charge in [-0.3, -0.25) is 4.79 Å². The van der Waals surface area contributed by atoms with Crippen LogP contribution in [0.5, 0.6) is 5.75 Å². The number of hydrogen-bond donors (Lipinski definition) is 1. The number of fused-ring (bicyclic) bond motifs is 1. The summed E-state index contributed by atoms with van der Waals surface area (Å²) in [5.74, 6) is 0.906. The van der Waals surface area contributed by atoms with Gasteiger partial charge in [-0.1, -0.05) is 13.8 Å². The number of ether oxygens (including phenoxy) is 1. The average Bonchev–Trinajstić information content (AvgIpc) is 2.74. The maximum Gasteiger partial charge on any atom is 0.193 e. The van der Waals surface area contributed by atoms with Crippen LogP contribution >= 0.6 is 0 Å². The van der Waals surface area contributed by atoms with Crippen molar-refractivity contribution in [1.29, 1.82) is 0 Å². The highest BCUT2D eigenvalue weighted by molar-refractivity contribution is 6.10. The van der Waals surface area contributed by atoms with Crippen LogP contribution in [0.3, 0.4) is 0 Å².